The first-order valence-electron chi connectivity index (χ1n) is 13.6. The summed E-state index contributed by atoms with van der Waals surface area (Å²) < 4.78 is 12.6. The van der Waals surface area contributed by atoms with E-state index in [4.69, 9.17) is 14.3 Å². The lowest BCUT2D eigenvalue weighted by Gasteiger charge is -2.32. The molecule has 5 nitrogen and oxygen atoms in total. The summed E-state index contributed by atoms with van der Waals surface area (Å²) >= 11 is 0. The van der Waals surface area contributed by atoms with E-state index in [2.05, 4.69) is 81.0 Å². The Morgan fingerprint density at radius 2 is 1.64 bits per heavy atom. The van der Waals surface area contributed by atoms with Crippen LogP contribution in [0.4, 0.5) is 0 Å². The van der Waals surface area contributed by atoms with E-state index in [0.29, 0.717) is 6.04 Å². The summed E-state index contributed by atoms with van der Waals surface area (Å²) in [5.74, 6) is 1.89. The predicted octanol–water partition coefficient (Wildman–Crippen LogP) is 5.30. The van der Waals surface area contributed by atoms with Crippen LogP contribution in [0.1, 0.15) is 70.0 Å². The highest BCUT2D eigenvalue weighted by atomic mass is 16.7. The second-order valence-corrected chi connectivity index (χ2v) is 12.4. The molecule has 4 aliphatic rings. The molecule has 3 heterocycles. The second kappa shape index (κ2) is 7.80. The Hall–Kier alpha value is -2.41. The number of H-pyrrole nitrogens is 1. The van der Waals surface area contributed by atoms with Gasteiger partial charge in [-0.3, -0.25) is 4.90 Å². The molecule has 2 saturated heterocycles. The third-order valence-electron chi connectivity index (χ3n) is 9.81. The predicted molar refractivity (Wildman–Crippen MR) is 144 cm³/mol. The fraction of sp³-hybridized carbons (Fsp3) is 0.500. The van der Waals surface area contributed by atoms with Gasteiger partial charge in [-0.1, -0.05) is 30.3 Å². The van der Waals surface area contributed by atoms with Crippen molar-refractivity contribution in [1.29, 1.82) is 0 Å². The van der Waals surface area contributed by atoms with Crippen molar-refractivity contribution in [2.75, 3.05) is 7.05 Å². The van der Waals surface area contributed by atoms with Gasteiger partial charge in [0.25, 0.3) is 0 Å². The number of fused-ring (bicyclic) bond motifs is 5. The first-order valence-corrected chi connectivity index (χ1v) is 13.6. The Labute approximate surface area is 214 Å². The molecule has 2 aliphatic carbocycles. The van der Waals surface area contributed by atoms with Crippen molar-refractivity contribution >= 4 is 12.6 Å². The van der Waals surface area contributed by atoms with Crippen LogP contribution in [-0.4, -0.2) is 46.3 Å². The Morgan fingerprint density at radius 3 is 2.33 bits per heavy atom. The van der Waals surface area contributed by atoms with Gasteiger partial charge in [-0.15, -0.1) is 0 Å². The van der Waals surface area contributed by atoms with Crippen LogP contribution in [-0.2, 0) is 22.2 Å². The molecule has 6 heteroatoms. The van der Waals surface area contributed by atoms with Crippen LogP contribution in [0.5, 0.6) is 0 Å². The molecule has 7 rings (SSSR count). The van der Waals surface area contributed by atoms with Crippen LogP contribution >= 0.6 is 0 Å². The molecule has 0 spiro atoms. The first-order chi connectivity index (χ1) is 17.2. The van der Waals surface area contributed by atoms with Crippen molar-refractivity contribution in [3.8, 4) is 22.4 Å². The number of imidazole rings is 1. The zero-order valence-electron chi connectivity index (χ0n) is 22.1. The highest BCUT2D eigenvalue weighted by Crippen LogP contribution is 2.48. The van der Waals surface area contributed by atoms with Crippen LogP contribution in [0, 0.1) is 5.92 Å². The highest BCUT2D eigenvalue weighted by Gasteiger charge is 2.52. The third-order valence-corrected chi connectivity index (χ3v) is 9.81. The largest absolute Gasteiger partial charge is 0.494 e. The molecule has 3 aromatic rings. The van der Waals surface area contributed by atoms with Crippen LogP contribution < -0.4 is 5.46 Å². The molecule has 2 bridgehead atoms. The zero-order valence-corrected chi connectivity index (χ0v) is 22.1. The summed E-state index contributed by atoms with van der Waals surface area (Å²) in [6.45, 7) is 8.44. The Bertz CT molecular complexity index is 1330. The number of nitrogens with one attached hydrogen (secondary N) is 1. The number of nitrogens with zero attached hydrogens (tertiary/aromatic N) is 2. The second-order valence-electron chi connectivity index (χ2n) is 12.4. The number of aromatic amines is 1. The summed E-state index contributed by atoms with van der Waals surface area (Å²) in [7, 11) is 1.96. The Morgan fingerprint density at radius 1 is 0.944 bits per heavy atom. The number of hydrogen-bond acceptors (Lipinski definition) is 4. The molecule has 2 aliphatic heterocycles. The van der Waals surface area contributed by atoms with Gasteiger partial charge in [-0.25, -0.2) is 4.98 Å². The van der Waals surface area contributed by atoms with E-state index in [1.807, 2.05) is 6.20 Å². The van der Waals surface area contributed by atoms with E-state index in [9.17, 15) is 0 Å². The molecule has 3 fully saturated rings. The highest BCUT2D eigenvalue weighted by molar-refractivity contribution is 6.62. The van der Waals surface area contributed by atoms with Gasteiger partial charge in [-0.05, 0) is 112 Å². The van der Waals surface area contributed by atoms with Gasteiger partial charge in [-0.2, -0.15) is 0 Å². The lowest BCUT2D eigenvalue weighted by Crippen LogP contribution is -2.41. The van der Waals surface area contributed by atoms with Crippen molar-refractivity contribution in [3.63, 3.8) is 0 Å². The van der Waals surface area contributed by atoms with E-state index >= 15 is 0 Å². The summed E-state index contributed by atoms with van der Waals surface area (Å²) in [5, 5.41) is 0. The van der Waals surface area contributed by atoms with Gasteiger partial charge in [0.1, 0.15) is 5.82 Å². The summed E-state index contributed by atoms with van der Waals surface area (Å²) in [6, 6.07) is 14.8. The van der Waals surface area contributed by atoms with Crippen LogP contribution in [0.25, 0.3) is 22.4 Å². The van der Waals surface area contributed by atoms with Crippen molar-refractivity contribution < 1.29 is 9.31 Å². The van der Waals surface area contributed by atoms with Gasteiger partial charge in [0.2, 0.25) is 0 Å². The number of aryl methyl sites for hydroxylation is 2. The van der Waals surface area contributed by atoms with Crippen LogP contribution in [0.3, 0.4) is 0 Å². The van der Waals surface area contributed by atoms with Crippen molar-refractivity contribution in [2.24, 2.45) is 5.92 Å². The normalized spacial score (nSPS) is 27.9. The maximum Gasteiger partial charge on any atom is 0.494 e. The number of benzene rings is 2. The van der Waals surface area contributed by atoms with Gasteiger partial charge < -0.3 is 14.3 Å². The van der Waals surface area contributed by atoms with Gasteiger partial charge in [0.15, 0.2) is 0 Å². The van der Waals surface area contributed by atoms with Crippen molar-refractivity contribution in [3.05, 3.63) is 59.5 Å². The average molecular weight is 481 g/mol. The molecular weight excluding hydrogens is 445 g/mol. The molecule has 2 aromatic carbocycles. The molecule has 0 amide bonds. The summed E-state index contributed by atoms with van der Waals surface area (Å²) in [5.41, 5.74) is 8.29. The third kappa shape index (κ3) is 3.38. The minimum atomic E-state index is -0.324. The smallest absolute Gasteiger partial charge is 0.399 e. The Balaban J connectivity index is 1.15. The maximum absolute atomic E-state index is 6.30. The van der Waals surface area contributed by atoms with Crippen LogP contribution in [0.15, 0.2) is 42.6 Å². The van der Waals surface area contributed by atoms with Crippen LogP contribution in [0.2, 0.25) is 0 Å². The number of rotatable bonds is 3. The van der Waals surface area contributed by atoms with E-state index in [0.717, 1.165) is 41.8 Å². The van der Waals surface area contributed by atoms with Crippen molar-refractivity contribution in [2.45, 2.75) is 83.1 Å². The minimum Gasteiger partial charge on any atom is -0.399 e. The van der Waals surface area contributed by atoms with E-state index in [-0.39, 0.29) is 18.3 Å². The molecule has 0 radical (unpaired) electrons. The van der Waals surface area contributed by atoms with E-state index < -0.39 is 0 Å². The SMILES string of the molecule is CN1C2CCC(C2)C1c1ncc(-c2ccc3c(c2)CCc2cc(B4OC(C)(C)C(C)(C)O4)ccc2-3)[nH]1. The molecule has 3 atom stereocenters. The maximum atomic E-state index is 6.30. The van der Waals surface area contributed by atoms with Crippen molar-refractivity contribution in [1.82, 2.24) is 14.9 Å². The van der Waals surface area contributed by atoms with Gasteiger partial charge in [0.05, 0.1) is 29.1 Å². The van der Waals surface area contributed by atoms with Gasteiger partial charge in [0, 0.05) is 6.04 Å². The number of piperidine rings is 1. The van der Waals surface area contributed by atoms with Gasteiger partial charge >= 0.3 is 7.12 Å². The number of likely N-dealkylation sites (tertiary alicyclic amines) is 1. The standard InChI is InChI=1S/C30H36BN3O2/c1-29(2)30(3,4)36-31(35-29)22-10-13-25-19(15-22)7-6-18-14-20(9-12-24(18)25)26-17-32-28(33-26)27-21-8-11-23(16-21)34(27)5/h9-10,12-15,17,21,23,27H,6-8,11,16H2,1-5H3,(H,32,33). The molecule has 186 valence electrons. The topological polar surface area (TPSA) is 50.4 Å². The molecule has 36 heavy (non-hydrogen) atoms. The molecule has 1 saturated carbocycles. The van der Waals surface area contributed by atoms with E-state index in [1.165, 1.54) is 47.1 Å². The fourth-order valence-corrected chi connectivity index (χ4v) is 6.97. The monoisotopic (exact) mass is 481 g/mol. The fourth-order valence-electron chi connectivity index (χ4n) is 6.97. The minimum absolute atomic E-state index is 0.312. The number of aromatic nitrogens is 2. The lowest BCUT2D eigenvalue weighted by molar-refractivity contribution is 0.00578. The number of hydrogen-bond donors (Lipinski definition) is 1. The lowest BCUT2D eigenvalue weighted by atomic mass is 9.75. The first kappa shape index (κ1) is 22.8. The molecule has 3 unspecified atom stereocenters. The summed E-state index contributed by atoms with van der Waals surface area (Å²) in [6.07, 6.45) is 8.11. The molecule has 1 aromatic heterocycles. The summed E-state index contributed by atoms with van der Waals surface area (Å²) in [4.78, 5) is 11.1. The Kier molecular flexibility index (Phi) is 4.93. The quantitative estimate of drug-likeness (QED) is 0.516. The zero-order chi connectivity index (χ0) is 24.8. The van der Waals surface area contributed by atoms with E-state index in [1.54, 1.807) is 0 Å². The average Bonchev–Trinajstić information content (AvgIpc) is 3.62. The molecule has 1 N–H and O–H groups in total. The molecular formula is C30H36BN3O2.